The molecule has 0 heterocycles. The van der Waals surface area contributed by atoms with Gasteiger partial charge in [-0.1, -0.05) is 30.7 Å². The highest BCUT2D eigenvalue weighted by atomic mass is 35.5. The predicted octanol–water partition coefficient (Wildman–Crippen LogP) is 3.80. The van der Waals surface area contributed by atoms with E-state index in [0.717, 1.165) is 0 Å². The van der Waals surface area contributed by atoms with Crippen molar-refractivity contribution in [3.8, 4) is 5.75 Å². The monoisotopic (exact) mass is 378 g/mol. The van der Waals surface area contributed by atoms with Crippen molar-refractivity contribution in [3.05, 3.63) is 58.9 Å². The summed E-state index contributed by atoms with van der Waals surface area (Å²) in [6.07, 6.45) is 0.244. The van der Waals surface area contributed by atoms with Gasteiger partial charge in [-0.15, -0.1) is 0 Å². The Morgan fingerprint density at radius 3 is 2.58 bits per heavy atom. The molecule has 0 aliphatic rings. The third kappa shape index (κ3) is 5.29. The number of para-hydroxylation sites is 1. The number of benzene rings is 2. The molecule has 2 aromatic carbocycles. The maximum Gasteiger partial charge on any atom is 0.326 e. The van der Waals surface area contributed by atoms with Crippen LogP contribution in [0.2, 0.25) is 5.02 Å². The molecule has 26 heavy (non-hydrogen) atoms. The number of anilines is 1. The van der Waals surface area contributed by atoms with E-state index < -0.39 is 24.4 Å². The number of nitrogens with one attached hydrogen (secondary N) is 2. The van der Waals surface area contributed by atoms with Gasteiger partial charge < -0.3 is 10.1 Å². The van der Waals surface area contributed by atoms with E-state index in [4.69, 9.17) is 16.3 Å². The van der Waals surface area contributed by atoms with Crippen LogP contribution < -0.4 is 15.4 Å². The Morgan fingerprint density at radius 2 is 1.88 bits per heavy atom. The van der Waals surface area contributed by atoms with Crippen LogP contribution in [0.5, 0.6) is 5.75 Å². The molecule has 0 aliphatic heterocycles. The second-order valence-corrected chi connectivity index (χ2v) is 5.62. The molecule has 2 rings (SSSR count). The normalized spacial score (nSPS) is 10.1. The van der Waals surface area contributed by atoms with Gasteiger partial charge >= 0.3 is 6.03 Å². The Hall–Kier alpha value is -2.93. The van der Waals surface area contributed by atoms with Gasteiger partial charge in [-0.05, 0) is 30.3 Å². The average molecular weight is 379 g/mol. The highest BCUT2D eigenvalue weighted by Gasteiger charge is 2.15. The molecule has 0 atom stereocenters. The van der Waals surface area contributed by atoms with Gasteiger partial charge in [0.15, 0.2) is 12.4 Å². The summed E-state index contributed by atoms with van der Waals surface area (Å²) in [5.41, 5.74) is 0.191. The predicted molar refractivity (Wildman–Crippen MR) is 95.1 cm³/mol. The second kappa shape index (κ2) is 8.96. The van der Waals surface area contributed by atoms with Crippen LogP contribution in [0.4, 0.5) is 14.9 Å². The average Bonchev–Trinajstić information content (AvgIpc) is 2.61. The van der Waals surface area contributed by atoms with Gasteiger partial charge in [-0.3, -0.25) is 14.9 Å². The van der Waals surface area contributed by atoms with Crippen LogP contribution in [-0.2, 0) is 4.79 Å². The first-order chi connectivity index (χ1) is 12.4. The number of rotatable bonds is 6. The van der Waals surface area contributed by atoms with Gasteiger partial charge in [-0.25, -0.2) is 9.18 Å². The van der Waals surface area contributed by atoms with Gasteiger partial charge in [0.05, 0.1) is 11.3 Å². The molecule has 0 fully saturated rings. The number of hydrogen-bond donors (Lipinski definition) is 2. The molecule has 6 nitrogen and oxygen atoms in total. The number of hydrogen-bond acceptors (Lipinski definition) is 4. The molecule has 2 aromatic rings. The lowest BCUT2D eigenvalue weighted by Crippen LogP contribution is -2.37. The highest BCUT2D eigenvalue weighted by Crippen LogP contribution is 2.24. The Morgan fingerprint density at radius 1 is 1.15 bits per heavy atom. The molecule has 0 unspecified atom stereocenters. The van der Waals surface area contributed by atoms with E-state index >= 15 is 0 Å². The topological polar surface area (TPSA) is 84.5 Å². The number of ether oxygens (including phenoxy) is 1. The molecular weight excluding hydrogens is 363 g/mol. The summed E-state index contributed by atoms with van der Waals surface area (Å²) in [6.45, 7) is 1.18. The zero-order valence-corrected chi connectivity index (χ0v) is 14.6. The van der Waals surface area contributed by atoms with Gasteiger partial charge in [0.2, 0.25) is 0 Å². The Bertz CT molecular complexity index is 842. The van der Waals surface area contributed by atoms with Crippen molar-refractivity contribution in [1.82, 2.24) is 5.32 Å². The van der Waals surface area contributed by atoms with Crippen LogP contribution in [-0.4, -0.2) is 24.3 Å². The zero-order chi connectivity index (χ0) is 19.1. The first-order valence-corrected chi connectivity index (χ1v) is 8.09. The number of carbonyl (C=O) groups is 3. The van der Waals surface area contributed by atoms with E-state index in [1.807, 2.05) is 5.32 Å². The summed E-state index contributed by atoms with van der Waals surface area (Å²) in [5.74, 6) is -1.40. The molecular formula is C18H16ClFN2O4. The third-order valence-corrected chi connectivity index (χ3v) is 3.53. The maximum atomic E-state index is 13.4. The molecule has 0 saturated heterocycles. The summed E-state index contributed by atoms with van der Waals surface area (Å²) in [5, 5.41) is 4.58. The molecule has 136 valence electrons. The van der Waals surface area contributed by atoms with E-state index in [-0.39, 0.29) is 29.2 Å². The number of carbonyl (C=O) groups excluding carboxylic acids is 3. The van der Waals surface area contributed by atoms with Gasteiger partial charge in [-0.2, -0.15) is 0 Å². The van der Waals surface area contributed by atoms with Crippen molar-refractivity contribution in [1.29, 1.82) is 0 Å². The number of amides is 3. The minimum Gasteiger partial charge on any atom is -0.483 e. The van der Waals surface area contributed by atoms with Crippen LogP contribution in [0.3, 0.4) is 0 Å². The molecule has 0 saturated carbocycles. The fraction of sp³-hybridized carbons (Fsp3) is 0.167. The molecule has 0 spiro atoms. The third-order valence-electron chi connectivity index (χ3n) is 3.30. The molecule has 0 radical (unpaired) electrons. The lowest BCUT2D eigenvalue weighted by molar-refractivity contribution is -0.121. The molecule has 3 amide bonds. The molecule has 2 N–H and O–H groups in total. The minimum atomic E-state index is -0.898. The Kier molecular flexibility index (Phi) is 6.68. The van der Waals surface area contributed by atoms with Gasteiger partial charge in [0.1, 0.15) is 11.6 Å². The van der Waals surface area contributed by atoms with Crippen LogP contribution in [0, 0.1) is 5.82 Å². The molecule has 0 aromatic heterocycles. The van der Waals surface area contributed by atoms with Crippen molar-refractivity contribution in [2.75, 3.05) is 11.9 Å². The summed E-state index contributed by atoms with van der Waals surface area (Å²) >= 11 is 5.87. The van der Waals surface area contributed by atoms with E-state index in [9.17, 15) is 18.8 Å². The van der Waals surface area contributed by atoms with Crippen LogP contribution >= 0.6 is 11.6 Å². The summed E-state index contributed by atoms with van der Waals surface area (Å²) < 4.78 is 18.8. The number of urea groups is 1. The number of Topliss-reactive ketones (excluding diaryl/α,β-unsaturated/α-hetero) is 1. The van der Waals surface area contributed by atoms with E-state index in [2.05, 4.69) is 5.32 Å². The fourth-order valence-electron chi connectivity index (χ4n) is 2.06. The maximum absolute atomic E-state index is 13.4. The Balaban J connectivity index is 1.94. The van der Waals surface area contributed by atoms with Crippen LogP contribution in [0.1, 0.15) is 23.7 Å². The number of imide groups is 1. The molecule has 8 heteroatoms. The Labute approximate surface area is 154 Å². The largest absolute Gasteiger partial charge is 0.483 e. The van der Waals surface area contributed by atoms with Gasteiger partial charge in [0, 0.05) is 11.4 Å². The lowest BCUT2D eigenvalue weighted by Gasteiger charge is -2.11. The summed E-state index contributed by atoms with van der Waals surface area (Å²) in [4.78, 5) is 35.4. The van der Waals surface area contributed by atoms with E-state index in [1.54, 1.807) is 6.92 Å². The standard InChI is InChI=1S/C18H16ClFN2O4/c1-2-15(23)12-9-11(19)7-8-16(12)26-10-17(24)22-18(25)21-14-6-4-3-5-13(14)20/h3-9H,2,10H2,1H3,(H2,21,22,24,25). The van der Waals surface area contributed by atoms with Gasteiger partial charge in [0.25, 0.3) is 5.91 Å². The molecule has 0 bridgehead atoms. The van der Waals surface area contributed by atoms with E-state index in [0.29, 0.717) is 5.02 Å². The lowest BCUT2D eigenvalue weighted by atomic mass is 10.1. The summed E-state index contributed by atoms with van der Waals surface area (Å²) in [6, 6.07) is 9.08. The van der Waals surface area contributed by atoms with Crippen LogP contribution in [0.15, 0.2) is 42.5 Å². The first kappa shape index (κ1) is 19.4. The van der Waals surface area contributed by atoms with E-state index in [1.165, 1.54) is 42.5 Å². The highest BCUT2D eigenvalue weighted by molar-refractivity contribution is 6.31. The number of halogens is 2. The quantitative estimate of drug-likeness (QED) is 0.749. The van der Waals surface area contributed by atoms with Crippen molar-refractivity contribution >= 4 is 35.0 Å². The molecule has 0 aliphatic carbocycles. The SMILES string of the molecule is CCC(=O)c1cc(Cl)ccc1OCC(=O)NC(=O)Nc1ccccc1F. The second-order valence-electron chi connectivity index (χ2n) is 5.19. The van der Waals surface area contributed by atoms with Crippen molar-refractivity contribution in [3.63, 3.8) is 0 Å². The number of ketones is 1. The van der Waals surface area contributed by atoms with Crippen molar-refractivity contribution < 1.29 is 23.5 Å². The first-order valence-electron chi connectivity index (χ1n) is 7.71. The summed E-state index contributed by atoms with van der Waals surface area (Å²) in [7, 11) is 0. The van der Waals surface area contributed by atoms with Crippen LogP contribution in [0.25, 0.3) is 0 Å². The zero-order valence-electron chi connectivity index (χ0n) is 13.8. The smallest absolute Gasteiger partial charge is 0.326 e. The fourth-order valence-corrected chi connectivity index (χ4v) is 2.23. The van der Waals surface area contributed by atoms with Crippen molar-refractivity contribution in [2.24, 2.45) is 0 Å². The van der Waals surface area contributed by atoms with Crippen molar-refractivity contribution in [2.45, 2.75) is 13.3 Å². The minimum absolute atomic E-state index is 0.0627.